The molecule has 2 aromatic rings. The Morgan fingerprint density at radius 2 is 2.33 bits per heavy atom. The molecule has 5 heteroatoms. The SMILES string of the molecule is CC(N)C1CCCN(c2ccn3nccc3n2)C1. The van der Waals surface area contributed by atoms with Crippen LogP contribution >= 0.6 is 0 Å². The van der Waals surface area contributed by atoms with Crippen LogP contribution in [0.25, 0.3) is 5.65 Å². The largest absolute Gasteiger partial charge is 0.356 e. The summed E-state index contributed by atoms with van der Waals surface area (Å²) in [6.07, 6.45) is 6.15. The molecule has 96 valence electrons. The minimum absolute atomic E-state index is 0.256. The molecule has 1 saturated heterocycles. The predicted octanol–water partition coefficient (Wildman–Crippen LogP) is 1.29. The lowest BCUT2D eigenvalue weighted by Crippen LogP contribution is -2.42. The predicted molar refractivity (Wildman–Crippen MR) is 71.6 cm³/mol. The summed E-state index contributed by atoms with van der Waals surface area (Å²) in [6, 6.07) is 4.21. The molecule has 0 amide bonds. The fraction of sp³-hybridized carbons (Fsp3) is 0.538. The Balaban J connectivity index is 1.84. The molecule has 0 saturated carbocycles. The van der Waals surface area contributed by atoms with Crippen molar-refractivity contribution < 1.29 is 0 Å². The van der Waals surface area contributed by atoms with Crippen molar-refractivity contribution in [3.8, 4) is 0 Å². The standard InChI is InChI=1S/C13H19N5/c1-10(14)11-3-2-7-17(9-11)12-5-8-18-13(16-12)4-6-15-18/h4-6,8,10-11H,2-3,7,9,14H2,1H3. The van der Waals surface area contributed by atoms with Crippen molar-refractivity contribution in [3.63, 3.8) is 0 Å². The quantitative estimate of drug-likeness (QED) is 0.866. The van der Waals surface area contributed by atoms with Crippen molar-refractivity contribution >= 4 is 11.5 Å². The van der Waals surface area contributed by atoms with Crippen LogP contribution < -0.4 is 10.6 Å². The zero-order valence-corrected chi connectivity index (χ0v) is 10.7. The highest BCUT2D eigenvalue weighted by Crippen LogP contribution is 2.23. The van der Waals surface area contributed by atoms with Crippen LogP contribution in [0.3, 0.4) is 0 Å². The van der Waals surface area contributed by atoms with Crippen LogP contribution in [0.4, 0.5) is 5.82 Å². The van der Waals surface area contributed by atoms with E-state index in [9.17, 15) is 0 Å². The van der Waals surface area contributed by atoms with Crippen molar-refractivity contribution in [2.24, 2.45) is 11.7 Å². The average Bonchev–Trinajstić information content (AvgIpc) is 2.86. The number of rotatable bonds is 2. The molecular formula is C13H19N5. The van der Waals surface area contributed by atoms with Gasteiger partial charge in [-0.25, -0.2) is 9.50 Å². The van der Waals surface area contributed by atoms with Crippen LogP contribution in [0.1, 0.15) is 19.8 Å². The zero-order valence-electron chi connectivity index (χ0n) is 10.7. The highest BCUT2D eigenvalue weighted by molar-refractivity contribution is 5.47. The Morgan fingerprint density at radius 1 is 1.44 bits per heavy atom. The number of nitrogens with zero attached hydrogens (tertiary/aromatic N) is 4. The van der Waals surface area contributed by atoms with Gasteiger partial charge in [0, 0.05) is 31.4 Å². The molecule has 2 unspecified atom stereocenters. The molecule has 2 N–H and O–H groups in total. The second-order valence-corrected chi connectivity index (χ2v) is 5.13. The van der Waals surface area contributed by atoms with Gasteiger partial charge in [-0.3, -0.25) is 0 Å². The van der Waals surface area contributed by atoms with Gasteiger partial charge < -0.3 is 10.6 Å². The first kappa shape index (κ1) is 11.5. The molecule has 0 spiro atoms. The first-order valence-corrected chi connectivity index (χ1v) is 6.55. The molecule has 2 aromatic heterocycles. The molecule has 2 atom stereocenters. The fourth-order valence-electron chi connectivity index (χ4n) is 2.63. The number of hydrogen-bond donors (Lipinski definition) is 1. The Labute approximate surface area is 107 Å². The van der Waals surface area contributed by atoms with Crippen molar-refractivity contribution in [3.05, 3.63) is 24.5 Å². The summed E-state index contributed by atoms with van der Waals surface area (Å²) < 4.78 is 1.79. The Morgan fingerprint density at radius 3 is 3.17 bits per heavy atom. The third-order valence-electron chi connectivity index (χ3n) is 3.77. The lowest BCUT2D eigenvalue weighted by Gasteiger charge is -2.35. The number of aromatic nitrogens is 3. The maximum absolute atomic E-state index is 6.02. The first-order valence-electron chi connectivity index (χ1n) is 6.55. The van der Waals surface area contributed by atoms with E-state index >= 15 is 0 Å². The first-order chi connectivity index (χ1) is 8.74. The van der Waals surface area contributed by atoms with Crippen molar-refractivity contribution in [2.45, 2.75) is 25.8 Å². The molecule has 1 fully saturated rings. The van der Waals surface area contributed by atoms with Crippen molar-refractivity contribution in [2.75, 3.05) is 18.0 Å². The van der Waals surface area contributed by atoms with Crippen LogP contribution in [0.15, 0.2) is 24.5 Å². The van der Waals surface area contributed by atoms with Crippen molar-refractivity contribution in [1.29, 1.82) is 0 Å². The lowest BCUT2D eigenvalue weighted by molar-refractivity contribution is 0.363. The van der Waals surface area contributed by atoms with E-state index in [1.807, 2.05) is 18.3 Å². The smallest absolute Gasteiger partial charge is 0.157 e. The molecule has 0 aromatic carbocycles. The lowest BCUT2D eigenvalue weighted by atomic mass is 9.92. The van der Waals surface area contributed by atoms with Crippen LogP contribution in [-0.4, -0.2) is 33.7 Å². The second kappa shape index (κ2) is 4.57. The molecule has 18 heavy (non-hydrogen) atoms. The van der Waals surface area contributed by atoms with Gasteiger partial charge in [0.15, 0.2) is 5.65 Å². The minimum atomic E-state index is 0.256. The average molecular weight is 245 g/mol. The second-order valence-electron chi connectivity index (χ2n) is 5.13. The number of fused-ring (bicyclic) bond motifs is 1. The van der Waals surface area contributed by atoms with E-state index in [0.29, 0.717) is 5.92 Å². The van der Waals surface area contributed by atoms with E-state index in [4.69, 9.17) is 5.73 Å². The van der Waals surface area contributed by atoms with E-state index in [1.165, 1.54) is 12.8 Å². The number of piperidine rings is 1. The van der Waals surface area contributed by atoms with Gasteiger partial charge >= 0.3 is 0 Å². The van der Waals surface area contributed by atoms with Crippen LogP contribution in [0, 0.1) is 5.92 Å². The van der Waals surface area contributed by atoms with E-state index in [0.717, 1.165) is 24.6 Å². The molecule has 3 heterocycles. The minimum Gasteiger partial charge on any atom is -0.356 e. The summed E-state index contributed by atoms with van der Waals surface area (Å²) in [5, 5.41) is 4.16. The van der Waals surface area contributed by atoms with Crippen LogP contribution in [0.2, 0.25) is 0 Å². The summed E-state index contributed by atoms with van der Waals surface area (Å²) >= 11 is 0. The zero-order chi connectivity index (χ0) is 12.5. The van der Waals surface area contributed by atoms with E-state index in [2.05, 4.69) is 21.9 Å². The number of hydrogen-bond acceptors (Lipinski definition) is 4. The third kappa shape index (κ3) is 2.06. The van der Waals surface area contributed by atoms with E-state index in [1.54, 1.807) is 10.7 Å². The molecule has 1 aliphatic rings. The van der Waals surface area contributed by atoms with E-state index < -0.39 is 0 Å². The number of anilines is 1. The highest BCUT2D eigenvalue weighted by Gasteiger charge is 2.23. The van der Waals surface area contributed by atoms with E-state index in [-0.39, 0.29) is 6.04 Å². The molecule has 5 nitrogen and oxygen atoms in total. The highest BCUT2D eigenvalue weighted by atomic mass is 15.3. The molecule has 3 rings (SSSR count). The van der Waals surface area contributed by atoms with Gasteiger partial charge in [0.2, 0.25) is 0 Å². The molecule has 1 aliphatic heterocycles. The Hall–Kier alpha value is -1.62. The topological polar surface area (TPSA) is 59.5 Å². The monoisotopic (exact) mass is 245 g/mol. The summed E-state index contributed by atoms with van der Waals surface area (Å²) in [7, 11) is 0. The summed E-state index contributed by atoms with van der Waals surface area (Å²) in [4.78, 5) is 6.98. The molecule has 0 aliphatic carbocycles. The van der Waals surface area contributed by atoms with Gasteiger partial charge in [0.25, 0.3) is 0 Å². The molecule has 0 bridgehead atoms. The van der Waals surface area contributed by atoms with Gasteiger partial charge in [-0.2, -0.15) is 5.10 Å². The van der Waals surface area contributed by atoms with Gasteiger partial charge in [-0.1, -0.05) is 0 Å². The van der Waals surface area contributed by atoms with Gasteiger partial charge in [0.1, 0.15) is 5.82 Å². The normalized spacial score (nSPS) is 22.3. The Bertz CT molecular complexity index is 533. The third-order valence-corrected chi connectivity index (χ3v) is 3.77. The fourth-order valence-corrected chi connectivity index (χ4v) is 2.63. The van der Waals surface area contributed by atoms with Gasteiger partial charge in [0.05, 0.1) is 6.20 Å². The van der Waals surface area contributed by atoms with Crippen molar-refractivity contribution in [1.82, 2.24) is 14.6 Å². The summed E-state index contributed by atoms with van der Waals surface area (Å²) in [5.41, 5.74) is 6.92. The maximum Gasteiger partial charge on any atom is 0.157 e. The van der Waals surface area contributed by atoms with Crippen LogP contribution in [0.5, 0.6) is 0 Å². The Kier molecular flexibility index (Phi) is 2.91. The van der Waals surface area contributed by atoms with Gasteiger partial charge in [-0.05, 0) is 31.7 Å². The summed E-state index contributed by atoms with van der Waals surface area (Å²) in [5.74, 6) is 1.61. The number of nitrogens with two attached hydrogens (primary N) is 1. The summed E-state index contributed by atoms with van der Waals surface area (Å²) in [6.45, 7) is 4.18. The maximum atomic E-state index is 6.02. The van der Waals surface area contributed by atoms with Crippen LogP contribution in [-0.2, 0) is 0 Å². The molecular weight excluding hydrogens is 226 g/mol. The molecule has 0 radical (unpaired) electrons. The van der Waals surface area contributed by atoms with Gasteiger partial charge in [-0.15, -0.1) is 0 Å².